The molecule has 15 heavy (non-hydrogen) atoms. The highest BCUT2D eigenvalue weighted by Gasteiger charge is 2.09. The maximum Gasteiger partial charge on any atom is 0.0628 e. The maximum atomic E-state index is 8.68. The van der Waals surface area contributed by atoms with E-state index in [2.05, 4.69) is 52.0 Å². The first-order valence-corrected chi connectivity index (χ1v) is 5.53. The molecule has 0 aliphatic carbocycles. The molecule has 0 spiro atoms. The molecular formula is C14H19N. The Morgan fingerprint density at radius 2 is 1.93 bits per heavy atom. The molecule has 0 fully saturated rings. The van der Waals surface area contributed by atoms with E-state index >= 15 is 0 Å². The zero-order valence-corrected chi connectivity index (χ0v) is 10.0. The predicted octanol–water partition coefficient (Wildman–Crippen LogP) is 4.14. The third-order valence-corrected chi connectivity index (χ3v) is 2.89. The van der Waals surface area contributed by atoms with E-state index in [1.54, 1.807) is 0 Å². The summed E-state index contributed by atoms with van der Waals surface area (Å²) in [5.41, 5.74) is 4.03. The summed E-state index contributed by atoms with van der Waals surface area (Å²) in [4.78, 5) is 0. The lowest BCUT2D eigenvalue weighted by Crippen LogP contribution is -1.97. The Morgan fingerprint density at radius 1 is 1.27 bits per heavy atom. The molecule has 1 rings (SSSR count). The van der Waals surface area contributed by atoms with Gasteiger partial charge in [-0.1, -0.05) is 39.0 Å². The Kier molecular flexibility index (Phi) is 3.91. The molecule has 0 saturated heterocycles. The first-order valence-electron chi connectivity index (χ1n) is 5.53. The van der Waals surface area contributed by atoms with Crippen molar-refractivity contribution in [1.82, 2.24) is 0 Å². The van der Waals surface area contributed by atoms with Gasteiger partial charge in [0.2, 0.25) is 0 Å². The molecule has 0 N–H and O–H groups in total. The Morgan fingerprint density at radius 3 is 2.47 bits per heavy atom. The van der Waals surface area contributed by atoms with Crippen LogP contribution in [0.2, 0.25) is 0 Å². The maximum absolute atomic E-state index is 8.68. The molecule has 0 amide bonds. The summed E-state index contributed by atoms with van der Waals surface area (Å²) in [5, 5.41) is 8.68. The minimum atomic E-state index is 0.341. The van der Waals surface area contributed by atoms with Gasteiger partial charge in [-0.15, -0.1) is 0 Å². The monoisotopic (exact) mass is 201 g/mol. The number of rotatable bonds is 3. The van der Waals surface area contributed by atoms with Crippen molar-refractivity contribution in [1.29, 1.82) is 5.26 Å². The molecule has 1 unspecified atom stereocenters. The number of aryl methyl sites for hydroxylation is 1. The third kappa shape index (κ3) is 2.83. The van der Waals surface area contributed by atoms with Gasteiger partial charge in [0.15, 0.2) is 0 Å². The second kappa shape index (κ2) is 4.98. The SMILES string of the molecule is Cc1ccc(C(C)CC#N)cc1C(C)C. The van der Waals surface area contributed by atoms with Crippen LogP contribution in [0.3, 0.4) is 0 Å². The highest BCUT2D eigenvalue weighted by atomic mass is 14.2. The van der Waals surface area contributed by atoms with Gasteiger partial charge in [0, 0.05) is 6.42 Å². The highest BCUT2D eigenvalue weighted by Crippen LogP contribution is 2.25. The van der Waals surface area contributed by atoms with Gasteiger partial charge in [-0.3, -0.25) is 0 Å². The normalized spacial score (nSPS) is 12.5. The van der Waals surface area contributed by atoms with Crippen molar-refractivity contribution in [2.75, 3.05) is 0 Å². The number of hydrogen-bond acceptors (Lipinski definition) is 1. The molecule has 1 atom stereocenters. The predicted molar refractivity (Wildman–Crippen MR) is 63.9 cm³/mol. The van der Waals surface area contributed by atoms with Gasteiger partial charge in [-0.05, 0) is 35.4 Å². The first-order chi connectivity index (χ1) is 7.06. The Hall–Kier alpha value is -1.29. The van der Waals surface area contributed by atoms with E-state index in [0.29, 0.717) is 18.3 Å². The van der Waals surface area contributed by atoms with Gasteiger partial charge in [-0.25, -0.2) is 0 Å². The van der Waals surface area contributed by atoms with Crippen molar-refractivity contribution < 1.29 is 0 Å². The fourth-order valence-electron chi connectivity index (χ4n) is 1.84. The topological polar surface area (TPSA) is 23.8 Å². The van der Waals surface area contributed by atoms with E-state index in [1.165, 1.54) is 16.7 Å². The quantitative estimate of drug-likeness (QED) is 0.721. The highest BCUT2D eigenvalue weighted by molar-refractivity contribution is 5.35. The van der Waals surface area contributed by atoms with Gasteiger partial charge in [0.05, 0.1) is 6.07 Å². The zero-order chi connectivity index (χ0) is 11.4. The second-order valence-corrected chi connectivity index (χ2v) is 4.53. The summed E-state index contributed by atoms with van der Waals surface area (Å²) in [5.74, 6) is 0.896. The van der Waals surface area contributed by atoms with Crippen molar-refractivity contribution in [2.24, 2.45) is 0 Å². The summed E-state index contributed by atoms with van der Waals surface area (Å²) in [6, 6.07) is 8.79. The lowest BCUT2D eigenvalue weighted by Gasteiger charge is -2.14. The fraction of sp³-hybridized carbons (Fsp3) is 0.500. The molecule has 0 aliphatic rings. The minimum Gasteiger partial charge on any atom is -0.198 e. The van der Waals surface area contributed by atoms with Crippen LogP contribution >= 0.6 is 0 Å². The van der Waals surface area contributed by atoms with Crippen molar-refractivity contribution in [3.8, 4) is 6.07 Å². The molecule has 1 heteroatoms. The van der Waals surface area contributed by atoms with E-state index in [-0.39, 0.29) is 0 Å². The van der Waals surface area contributed by atoms with Crippen molar-refractivity contribution in [3.63, 3.8) is 0 Å². The summed E-state index contributed by atoms with van der Waals surface area (Å²) in [7, 11) is 0. The van der Waals surface area contributed by atoms with E-state index in [0.717, 1.165) is 0 Å². The van der Waals surface area contributed by atoms with Gasteiger partial charge in [0.1, 0.15) is 0 Å². The van der Waals surface area contributed by atoms with E-state index < -0.39 is 0 Å². The molecule has 0 heterocycles. The van der Waals surface area contributed by atoms with Crippen LogP contribution in [-0.2, 0) is 0 Å². The molecule has 0 radical (unpaired) electrons. The van der Waals surface area contributed by atoms with Crippen molar-refractivity contribution in [3.05, 3.63) is 34.9 Å². The molecule has 1 nitrogen and oxygen atoms in total. The lowest BCUT2D eigenvalue weighted by atomic mass is 9.90. The molecule has 0 aromatic heterocycles. The Balaban J connectivity index is 3.03. The molecule has 1 aromatic rings. The largest absolute Gasteiger partial charge is 0.198 e. The van der Waals surface area contributed by atoms with Gasteiger partial charge < -0.3 is 0 Å². The summed E-state index contributed by atoms with van der Waals surface area (Å²) in [6.45, 7) is 8.67. The molecule has 1 aromatic carbocycles. The van der Waals surface area contributed by atoms with E-state index in [4.69, 9.17) is 5.26 Å². The van der Waals surface area contributed by atoms with Crippen LogP contribution in [0.1, 0.15) is 55.7 Å². The van der Waals surface area contributed by atoms with Crippen LogP contribution in [0, 0.1) is 18.3 Å². The van der Waals surface area contributed by atoms with Crippen molar-refractivity contribution >= 4 is 0 Å². The molecular weight excluding hydrogens is 182 g/mol. The summed E-state index contributed by atoms with van der Waals surface area (Å²) in [6.07, 6.45) is 0.598. The number of benzene rings is 1. The average molecular weight is 201 g/mol. The van der Waals surface area contributed by atoms with Gasteiger partial charge >= 0.3 is 0 Å². The van der Waals surface area contributed by atoms with Gasteiger partial charge in [-0.2, -0.15) is 5.26 Å². The second-order valence-electron chi connectivity index (χ2n) is 4.53. The summed E-state index contributed by atoms with van der Waals surface area (Å²) >= 11 is 0. The smallest absolute Gasteiger partial charge is 0.0628 e. The standard InChI is InChI=1S/C14H19N/c1-10(2)14-9-13(6-5-12(14)4)11(3)7-8-15/h5-6,9-11H,7H2,1-4H3. The average Bonchev–Trinajstić information content (AvgIpc) is 2.18. The van der Waals surface area contributed by atoms with Crippen LogP contribution in [0.25, 0.3) is 0 Å². The summed E-state index contributed by atoms with van der Waals surface area (Å²) < 4.78 is 0. The third-order valence-electron chi connectivity index (χ3n) is 2.89. The molecule has 0 bridgehead atoms. The van der Waals surface area contributed by atoms with Crippen LogP contribution < -0.4 is 0 Å². The number of nitriles is 1. The molecule has 80 valence electrons. The van der Waals surface area contributed by atoms with E-state index in [9.17, 15) is 0 Å². The number of hydrogen-bond donors (Lipinski definition) is 0. The van der Waals surface area contributed by atoms with Gasteiger partial charge in [0.25, 0.3) is 0 Å². The Bertz CT molecular complexity index is 371. The minimum absolute atomic E-state index is 0.341. The molecule has 0 saturated carbocycles. The first kappa shape index (κ1) is 11.8. The van der Waals surface area contributed by atoms with E-state index in [1.807, 2.05) is 0 Å². The van der Waals surface area contributed by atoms with Crippen LogP contribution in [0.15, 0.2) is 18.2 Å². The van der Waals surface area contributed by atoms with Crippen LogP contribution in [-0.4, -0.2) is 0 Å². The van der Waals surface area contributed by atoms with Crippen molar-refractivity contribution in [2.45, 2.75) is 46.0 Å². The van der Waals surface area contributed by atoms with Crippen LogP contribution in [0.4, 0.5) is 0 Å². The number of nitrogens with zero attached hydrogens (tertiary/aromatic N) is 1. The van der Waals surface area contributed by atoms with Crippen LogP contribution in [0.5, 0.6) is 0 Å². The molecule has 0 aliphatic heterocycles. The lowest BCUT2D eigenvalue weighted by molar-refractivity contribution is 0.777. The fourth-order valence-corrected chi connectivity index (χ4v) is 1.84. The zero-order valence-electron chi connectivity index (χ0n) is 10.0. The Labute approximate surface area is 92.7 Å².